The minimum Gasteiger partial charge on any atom is -0.484 e. The van der Waals surface area contributed by atoms with Crippen LogP contribution in [0.2, 0.25) is 0 Å². The van der Waals surface area contributed by atoms with Crippen LogP contribution in [0.25, 0.3) is 5.57 Å². The summed E-state index contributed by atoms with van der Waals surface area (Å²) in [6.07, 6.45) is 4.06. The maximum atomic E-state index is 11.3. The molecule has 5 heteroatoms. The van der Waals surface area contributed by atoms with Gasteiger partial charge in [0.2, 0.25) is 0 Å². The molecule has 5 nitrogen and oxygen atoms in total. The summed E-state index contributed by atoms with van der Waals surface area (Å²) in [5.41, 5.74) is 2.40. The van der Waals surface area contributed by atoms with E-state index in [1.807, 2.05) is 26.0 Å². The van der Waals surface area contributed by atoms with Crippen LogP contribution in [0.3, 0.4) is 0 Å². The smallest absolute Gasteiger partial charge is 0.310 e. The molecule has 0 fully saturated rings. The van der Waals surface area contributed by atoms with E-state index >= 15 is 0 Å². The molecule has 1 aromatic rings. The van der Waals surface area contributed by atoms with Crippen LogP contribution in [-0.2, 0) is 0 Å². The summed E-state index contributed by atoms with van der Waals surface area (Å²) >= 11 is 0. The third kappa shape index (κ3) is 4.82. The molecule has 0 aromatic heterocycles. The van der Waals surface area contributed by atoms with E-state index in [2.05, 4.69) is 39.1 Å². The molecule has 2 atom stereocenters. The summed E-state index contributed by atoms with van der Waals surface area (Å²) in [4.78, 5) is 10.9. The van der Waals surface area contributed by atoms with E-state index < -0.39 is 0 Å². The van der Waals surface area contributed by atoms with Crippen molar-refractivity contribution in [2.45, 2.75) is 72.6 Å². The lowest BCUT2D eigenvalue weighted by Crippen LogP contribution is -2.47. The summed E-state index contributed by atoms with van der Waals surface area (Å²) in [7, 11) is 0. The highest BCUT2D eigenvalue weighted by Gasteiger charge is 2.31. The van der Waals surface area contributed by atoms with Gasteiger partial charge >= 0.3 is 5.69 Å². The molecule has 2 rings (SSSR count). The molecule has 25 heavy (non-hydrogen) atoms. The fourth-order valence-electron chi connectivity index (χ4n) is 3.12. The number of benzene rings is 1. The zero-order chi connectivity index (χ0) is 18.8. The minimum absolute atomic E-state index is 0.0198. The zero-order valence-corrected chi connectivity index (χ0v) is 16.1. The van der Waals surface area contributed by atoms with E-state index in [4.69, 9.17) is 4.74 Å². The number of nitrogens with zero attached hydrogens (tertiary/aromatic N) is 1. The predicted molar refractivity (Wildman–Crippen MR) is 102 cm³/mol. The van der Waals surface area contributed by atoms with Gasteiger partial charge in [0.25, 0.3) is 0 Å². The monoisotopic (exact) mass is 346 g/mol. The van der Waals surface area contributed by atoms with Gasteiger partial charge in [-0.25, -0.2) is 0 Å². The molecular formula is C20H30N2O3. The Morgan fingerprint density at radius 1 is 1.36 bits per heavy atom. The highest BCUT2D eigenvalue weighted by atomic mass is 16.6. The number of nitro benzene ring substituents is 1. The molecule has 1 heterocycles. The van der Waals surface area contributed by atoms with Gasteiger partial charge in [-0.05, 0) is 55.4 Å². The lowest BCUT2D eigenvalue weighted by Gasteiger charge is -2.38. The SMILES string of the molecule is CCC1C=C(c2ccc([N+](=O)[O-])c(OC(C)C)c2)CC(C(C)(C)C)N1. The highest BCUT2D eigenvalue weighted by molar-refractivity contribution is 5.70. The van der Waals surface area contributed by atoms with Crippen molar-refractivity contribution in [3.8, 4) is 5.75 Å². The fraction of sp³-hybridized carbons (Fsp3) is 0.600. The van der Waals surface area contributed by atoms with Gasteiger partial charge in [0.05, 0.1) is 11.0 Å². The molecule has 0 amide bonds. The Kier molecular flexibility index (Phi) is 5.88. The molecule has 0 spiro atoms. The van der Waals surface area contributed by atoms with Crippen LogP contribution in [0, 0.1) is 15.5 Å². The predicted octanol–water partition coefficient (Wildman–Crippen LogP) is 4.95. The number of hydrogen-bond donors (Lipinski definition) is 1. The third-order valence-electron chi connectivity index (χ3n) is 4.62. The van der Waals surface area contributed by atoms with Crippen LogP contribution in [-0.4, -0.2) is 23.1 Å². The Bertz CT molecular complexity index is 659. The largest absolute Gasteiger partial charge is 0.484 e. The molecule has 1 aliphatic heterocycles. The van der Waals surface area contributed by atoms with E-state index in [0.717, 1.165) is 18.4 Å². The Hall–Kier alpha value is -1.88. The van der Waals surface area contributed by atoms with E-state index in [-0.39, 0.29) is 22.1 Å². The molecular weight excluding hydrogens is 316 g/mol. The molecule has 0 radical (unpaired) electrons. The highest BCUT2D eigenvalue weighted by Crippen LogP contribution is 2.37. The molecule has 0 saturated heterocycles. The first-order chi connectivity index (χ1) is 11.6. The van der Waals surface area contributed by atoms with Crippen molar-refractivity contribution < 1.29 is 9.66 Å². The topological polar surface area (TPSA) is 64.4 Å². The maximum Gasteiger partial charge on any atom is 0.310 e. The Morgan fingerprint density at radius 3 is 2.56 bits per heavy atom. The van der Waals surface area contributed by atoms with Gasteiger partial charge in [-0.3, -0.25) is 10.1 Å². The van der Waals surface area contributed by atoms with Gasteiger partial charge < -0.3 is 10.1 Å². The van der Waals surface area contributed by atoms with Crippen molar-refractivity contribution in [2.24, 2.45) is 5.41 Å². The Labute approximate surface area is 150 Å². The first-order valence-corrected chi connectivity index (χ1v) is 9.04. The van der Waals surface area contributed by atoms with Gasteiger partial charge in [-0.2, -0.15) is 0 Å². The van der Waals surface area contributed by atoms with E-state index in [9.17, 15) is 10.1 Å². The van der Waals surface area contributed by atoms with Crippen LogP contribution in [0.4, 0.5) is 5.69 Å². The summed E-state index contributed by atoms with van der Waals surface area (Å²) in [6, 6.07) is 5.90. The standard InChI is InChI=1S/C20H30N2O3/c1-7-16-10-15(12-19(21-16)20(4,5)6)14-8-9-17(22(23)24)18(11-14)25-13(2)3/h8-11,13,16,19,21H,7,12H2,1-6H3. The van der Waals surface area contributed by atoms with E-state index in [0.29, 0.717) is 17.8 Å². The number of hydrogen-bond acceptors (Lipinski definition) is 4. The van der Waals surface area contributed by atoms with Gasteiger partial charge in [0.1, 0.15) is 0 Å². The number of ether oxygens (including phenoxy) is 1. The molecule has 1 aliphatic rings. The summed E-state index contributed by atoms with van der Waals surface area (Å²) < 4.78 is 5.70. The summed E-state index contributed by atoms with van der Waals surface area (Å²) in [5.74, 6) is 0.345. The van der Waals surface area contributed by atoms with Crippen molar-refractivity contribution in [1.29, 1.82) is 0 Å². The Morgan fingerprint density at radius 2 is 2.04 bits per heavy atom. The second-order valence-electron chi connectivity index (χ2n) is 8.10. The van der Waals surface area contributed by atoms with Crippen LogP contribution in [0.15, 0.2) is 24.3 Å². The maximum absolute atomic E-state index is 11.3. The van der Waals surface area contributed by atoms with Crippen molar-refractivity contribution in [2.75, 3.05) is 0 Å². The molecule has 1 aromatic carbocycles. The van der Waals surface area contributed by atoms with Crippen molar-refractivity contribution >= 4 is 11.3 Å². The lowest BCUT2D eigenvalue weighted by molar-refractivity contribution is -0.386. The summed E-state index contributed by atoms with van der Waals surface area (Å²) in [5, 5.41) is 15.0. The molecule has 2 unspecified atom stereocenters. The van der Waals surface area contributed by atoms with Crippen molar-refractivity contribution in [1.82, 2.24) is 5.32 Å². The molecule has 138 valence electrons. The molecule has 1 N–H and O–H groups in total. The average Bonchev–Trinajstić information content (AvgIpc) is 2.52. The third-order valence-corrected chi connectivity index (χ3v) is 4.62. The zero-order valence-electron chi connectivity index (χ0n) is 16.1. The van der Waals surface area contributed by atoms with Crippen LogP contribution in [0.5, 0.6) is 5.75 Å². The molecule has 0 bridgehead atoms. The van der Waals surface area contributed by atoms with Gasteiger partial charge in [-0.1, -0.05) is 33.8 Å². The van der Waals surface area contributed by atoms with Crippen LogP contribution in [0.1, 0.15) is 59.9 Å². The molecule has 0 aliphatic carbocycles. The quantitative estimate of drug-likeness (QED) is 0.605. The first kappa shape index (κ1) is 19.4. The summed E-state index contributed by atoms with van der Waals surface area (Å²) in [6.45, 7) is 12.6. The second kappa shape index (κ2) is 7.56. The second-order valence-corrected chi connectivity index (χ2v) is 8.10. The first-order valence-electron chi connectivity index (χ1n) is 9.04. The van der Waals surface area contributed by atoms with Gasteiger partial charge in [-0.15, -0.1) is 0 Å². The van der Waals surface area contributed by atoms with Crippen LogP contribution >= 0.6 is 0 Å². The normalized spacial score (nSPS) is 21.2. The van der Waals surface area contributed by atoms with E-state index in [1.165, 1.54) is 5.57 Å². The van der Waals surface area contributed by atoms with Crippen molar-refractivity contribution in [3.63, 3.8) is 0 Å². The van der Waals surface area contributed by atoms with Crippen LogP contribution < -0.4 is 10.1 Å². The Balaban J connectivity index is 2.42. The van der Waals surface area contributed by atoms with Gasteiger partial charge in [0.15, 0.2) is 5.75 Å². The van der Waals surface area contributed by atoms with Crippen molar-refractivity contribution in [3.05, 3.63) is 40.0 Å². The van der Waals surface area contributed by atoms with E-state index in [1.54, 1.807) is 6.07 Å². The minimum atomic E-state index is -0.384. The number of nitrogens with one attached hydrogen (secondary N) is 1. The molecule has 0 saturated carbocycles. The van der Waals surface area contributed by atoms with Gasteiger partial charge in [0, 0.05) is 18.2 Å². The lowest BCUT2D eigenvalue weighted by atomic mass is 9.78. The average molecular weight is 346 g/mol. The number of rotatable bonds is 5. The fourth-order valence-corrected chi connectivity index (χ4v) is 3.12. The number of nitro groups is 1.